The van der Waals surface area contributed by atoms with Gasteiger partial charge in [0, 0.05) is 30.9 Å². The Bertz CT molecular complexity index is 1390. The summed E-state index contributed by atoms with van der Waals surface area (Å²) in [6.07, 6.45) is 4.85. The van der Waals surface area contributed by atoms with Gasteiger partial charge in [-0.3, -0.25) is 4.79 Å². The van der Waals surface area contributed by atoms with Crippen molar-refractivity contribution in [1.29, 1.82) is 0 Å². The second kappa shape index (κ2) is 9.94. The van der Waals surface area contributed by atoms with E-state index < -0.39 is 0 Å². The Kier molecular flexibility index (Phi) is 6.79. The highest BCUT2D eigenvalue weighted by atomic mass is 16.5. The molecule has 1 amide bonds. The van der Waals surface area contributed by atoms with E-state index in [1.54, 1.807) is 29.8 Å². The summed E-state index contributed by atoms with van der Waals surface area (Å²) >= 11 is 0. The number of nitrogens with zero attached hydrogens (tertiary/aromatic N) is 6. The number of hydrogen-bond donors (Lipinski definition) is 1. The minimum Gasteiger partial charge on any atom is -0.496 e. The average molecular weight is 472 g/mol. The van der Waals surface area contributed by atoms with E-state index in [1.165, 1.54) is 6.33 Å². The number of carbonyl (C=O) groups excluding carboxylic acids is 1. The lowest BCUT2D eigenvalue weighted by atomic mass is 10.1. The number of rotatable bonds is 7. The zero-order valence-corrected chi connectivity index (χ0v) is 20.6. The van der Waals surface area contributed by atoms with Gasteiger partial charge in [-0.05, 0) is 56.9 Å². The molecule has 2 aromatic heterocycles. The second-order valence-electron chi connectivity index (χ2n) is 8.48. The molecular formula is C26H29N7O2. The first-order valence-corrected chi connectivity index (χ1v) is 11.1. The summed E-state index contributed by atoms with van der Waals surface area (Å²) in [5.41, 5.74) is 10.9. The number of aromatic nitrogens is 4. The summed E-state index contributed by atoms with van der Waals surface area (Å²) in [7, 11) is 7.30. The monoisotopic (exact) mass is 471 g/mol. The molecule has 180 valence electrons. The molecule has 0 spiro atoms. The molecule has 2 aromatic carbocycles. The van der Waals surface area contributed by atoms with Crippen LogP contribution in [0.4, 0.5) is 11.5 Å². The molecule has 0 saturated heterocycles. The molecule has 0 fully saturated rings. The molecule has 0 radical (unpaired) electrons. The van der Waals surface area contributed by atoms with E-state index in [9.17, 15) is 4.79 Å². The highest BCUT2D eigenvalue weighted by Crippen LogP contribution is 2.34. The van der Waals surface area contributed by atoms with Gasteiger partial charge in [0.05, 0.1) is 18.2 Å². The Labute approximate surface area is 204 Å². The number of nitrogens with two attached hydrogens (primary N) is 1. The van der Waals surface area contributed by atoms with E-state index in [1.807, 2.05) is 74.5 Å². The van der Waals surface area contributed by atoms with Crippen LogP contribution in [0.2, 0.25) is 0 Å². The summed E-state index contributed by atoms with van der Waals surface area (Å²) in [5, 5.41) is 5.51. The molecule has 4 aromatic rings. The number of amides is 1. The maximum Gasteiger partial charge on any atom is 0.250 e. The van der Waals surface area contributed by atoms with E-state index >= 15 is 0 Å². The number of hydrogen-bond acceptors (Lipinski definition) is 7. The Morgan fingerprint density at radius 3 is 2.54 bits per heavy atom. The van der Waals surface area contributed by atoms with Gasteiger partial charge in [0.1, 0.15) is 23.6 Å². The first-order chi connectivity index (χ1) is 16.8. The van der Waals surface area contributed by atoms with E-state index in [4.69, 9.17) is 15.6 Å². The number of fused-ring (bicyclic) bond motifs is 1. The number of methoxy groups -OCH3 is 1. The molecule has 0 atom stereocenters. The standard InChI is InChI=1S/C26H29N7O2/c1-17-8-9-18(15-21(17)35-5)24-23-25(27)28-16-29-26(23)33(30-24)20-12-10-19(11-13-20)32(4)22(34)7-6-14-31(2)3/h6-13,15-16H,14H2,1-5H3,(H2,27,28,29). The molecule has 0 aliphatic rings. The first-order valence-electron chi connectivity index (χ1n) is 11.1. The molecular weight excluding hydrogens is 442 g/mol. The van der Waals surface area contributed by atoms with Gasteiger partial charge in [0.25, 0.3) is 0 Å². The fraction of sp³-hybridized carbons (Fsp3) is 0.231. The molecule has 9 nitrogen and oxygen atoms in total. The third-order valence-electron chi connectivity index (χ3n) is 5.72. The fourth-order valence-electron chi connectivity index (χ4n) is 3.74. The average Bonchev–Trinajstić information content (AvgIpc) is 3.24. The van der Waals surface area contributed by atoms with Gasteiger partial charge in [-0.15, -0.1) is 0 Å². The van der Waals surface area contributed by atoms with Crippen LogP contribution in [0.25, 0.3) is 28.0 Å². The van der Waals surface area contributed by atoms with Crippen molar-refractivity contribution < 1.29 is 9.53 Å². The molecule has 35 heavy (non-hydrogen) atoms. The maximum absolute atomic E-state index is 12.5. The number of nitrogen functional groups attached to an aromatic ring is 1. The van der Waals surface area contributed by atoms with E-state index in [0.29, 0.717) is 29.1 Å². The predicted octanol–water partition coefficient (Wildman–Crippen LogP) is 3.46. The number of anilines is 2. The summed E-state index contributed by atoms with van der Waals surface area (Å²) < 4.78 is 7.23. The van der Waals surface area contributed by atoms with E-state index in [2.05, 4.69) is 9.97 Å². The van der Waals surface area contributed by atoms with Crippen molar-refractivity contribution in [3.8, 4) is 22.7 Å². The molecule has 9 heteroatoms. The normalized spacial score (nSPS) is 11.5. The van der Waals surface area contributed by atoms with Crippen molar-refractivity contribution in [3.63, 3.8) is 0 Å². The van der Waals surface area contributed by atoms with Crippen LogP contribution in [0.5, 0.6) is 5.75 Å². The van der Waals surface area contributed by atoms with Crippen LogP contribution in [-0.4, -0.2) is 65.4 Å². The number of likely N-dealkylation sites (N-methyl/N-ethyl adjacent to an activating group) is 2. The van der Waals surface area contributed by atoms with Crippen molar-refractivity contribution in [1.82, 2.24) is 24.6 Å². The Morgan fingerprint density at radius 1 is 1.11 bits per heavy atom. The van der Waals surface area contributed by atoms with Crippen LogP contribution in [0.3, 0.4) is 0 Å². The number of aryl methyl sites for hydroxylation is 1. The Morgan fingerprint density at radius 2 is 1.86 bits per heavy atom. The van der Waals surface area contributed by atoms with Gasteiger partial charge in [0.2, 0.25) is 5.91 Å². The van der Waals surface area contributed by atoms with E-state index in [-0.39, 0.29) is 5.91 Å². The molecule has 0 aliphatic carbocycles. The summed E-state index contributed by atoms with van der Waals surface area (Å²) in [6.45, 7) is 2.68. The minimum atomic E-state index is -0.0970. The zero-order valence-electron chi connectivity index (χ0n) is 20.6. The molecule has 4 rings (SSSR count). The van der Waals surface area contributed by atoms with Crippen molar-refractivity contribution in [2.75, 3.05) is 45.4 Å². The summed E-state index contributed by atoms with van der Waals surface area (Å²) in [4.78, 5) is 24.7. The fourth-order valence-corrected chi connectivity index (χ4v) is 3.74. The molecule has 0 bridgehead atoms. The number of carbonyl (C=O) groups is 1. The lowest BCUT2D eigenvalue weighted by Gasteiger charge is -2.16. The molecule has 0 saturated carbocycles. The smallest absolute Gasteiger partial charge is 0.250 e. The largest absolute Gasteiger partial charge is 0.496 e. The van der Waals surface area contributed by atoms with Gasteiger partial charge in [-0.2, -0.15) is 5.10 Å². The van der Waals surface area contributed by atoms with Crippen molar-refractivity contribution in [2.45, 2.75) is 6.92 Å². The van der Waals surface area contributed by atoms with Crippen LogP contribution in [0.15, 0.2) is 60.9 Å². The van der Waals surface area contributed by atoms with Crippen LogP contribution in [0, 0.1) is 6.92 Å². The third-order valence-corrected chi connectivity index (χ3v) is 5.72. The van der Waals surface area contributed by atoms with Crippen molar-refractivity contribution in [3.05, 3.63) is 66.5 Å². The SMILES string of the molecule is COc1cc(-c2nn(-c3ccc(N(C)C(=O)C=CCN(C)C)cc3)c3ncnc(N)c23)ccc1C. The maximum atomic E-state index is 12.5. The summed E-state index contributed by atoms with van der Waals surface area (Å²) in [5.74, 6) is 1.01. The van der Waals surface area contributed by atoms with Gasteiger partial charge in [-0.1, -0.05) is 18.2 Å². The van der Waals surface area contributed by atoms with Gasteiger partial charge in [-0.25, -0.2) is 14.6 Å². The first kappa shape index (κ1) is 23.9. The lowest BCUT2D eigenvalue weighted by molar-refractivity contribution is -0.113. The van der Waals surface area contributed by atoms with Gasteiger partial charge < -0.3 is 20.3 Å². The zero-order chi connectivity index (χ0) is 25.1. The second-order valence-corrected chi connectivity index (χ2v) is 8.48. The Hall–Kier alpha value is -4.24. The third kappa shape index (κ3) is 4.85. The molecule has 2 N–H and O–H groups in total. The molecule has 0 aliphatic heterocycles. The molecule has 2 heterocycles. The van der Waals surface area contributed by atoms with Crippen LogP contribution in [0.1, 0.15) is 5.56 Å². The van der Waals surface area contributed by atoms with Crippen LogP contribution in [-0.2, 0) is 4.79 Å². The van der Waals surface area contributed by atoms with Crippen molar-refractivity contribution >= 4 is 28.4 Å². The van der Waals surface area contributed by atoms with Gasteiger partial charge in [0.15, 0.2) is 5.65 Å². The topological polar surface area (TPSA) is 102 Å². The van der Waals surface area contributed by atoms with Crippen LogP contribution >= 0.6 is 0 Å². The predicted molar refractivity (Wildman–Crippen MR) is 139 cm³/mol. The van der Waals surface area contributed by atoms with Crippen molar-refractivity contribution in [2.24, 2.45) is 0 Å². The highest BCUT2D eigenvalue weighted by molar-refractivity contribution is 6.01. The quantitative estimate of drug-likeness (QED) is 0.412. The van der Waals surface area contributed by atoms with E-state index in [0.717, 1.165) is 28.3 Å². The highest BCUT2D eigenvalue weighted by Gasteiger charge is 2.19. The molecule has 0 unspecified atom stereocenters. The number of ether oxygens (including phenoxy) is 1. The van der Waals surface area contributed by atoms with Gasteiger partial charge >= 0.3 is 0 Å². The van der Waals surface area contributed by atoms with Crippen LogP contribution < -0.4 is 15.4 Å². The summed E-state index contributed by atoms with van der Waals surface area (Å²) in [6, 6.07) is 13.4. The Balaban J connectivity index is 1.71. The number of benzene rings is 2. The minimum absolute atomic E-state index is 0.0970. The lowest BCUT2D eigenvalue weighted by Crippen LogP contribution is -2.24.